The van der Waals surface area contributed by atoms with Gasteiger partial charge in [0, 0.05) is 26.4 Å². The standard InChI is InChI=1S/C24H18BrNOS/c1-15-6-8-16(9-7-15)24-14-20(26-19-4-2-3-5-23(19)28-24)22-13-17-12-18(25)10-11-21(17)27-22/h2-13,24H,14H2,1H3. The van der Waals surface area contributed by atoms with Crippen LogP contribution in [0.5, 0.6) is 0 Å². The zero-order valence-electron chi connectivity index (χ0n) is 15.4. The Bertz CT molecular complexity index is 1190. The molecule has 3 aromatic carbocycles. The lowest BCUT2D eigenvalue weighted by molar-refractivity contribution is 0.602. The van der Waals surface area contributed by atoms with Crippen molar-refractivity contribution in [3.05, 3.63) is 94.2 Å². The molecule has 0 saturated carbocycles. The Hall–Kier alpha value is -2.30. The minimum absolute atomic E-state index is 0.294. The molecule has 0 amide bonds. The summed E-state index contributed by atoms with van der Waals surface area (Å²) in [5.74, 6) is 0.850. The zero-order chi connectivity index (χ0) is 19.1. The van der Waals surface area contributed by atoms with Crippen LogP contribution in [-0.2, 0) is 0 Å². The van der Waals surface area contributed by atoms with Gasteiger partial charge in [0.2, 0.25) is 0 Å². The molecule has 1 aliphatic heterocycles. The predicted molar refractivity (Wildman–Crippen MR) is 121 cm³/mol. The number of aryl methyl sites for hydroxylation is 1. The number of thioether (sulfide) groups is 1. The number of aliphatic imine (C=N–C) groups is 1. The first-order valence-corrected chi connectivity index (χ1v) is 10.9. The lowest BCUT2D eigenvalue weighted by Crippen LogP contribution is -2.04. The van der Waals surface area contributed by atoms with Gasteiger partial charge in [0.05, 0.1) is 11.4 Å². The molecule has 0 N–H and O–H groups in total. The number of rotatable bonds is 2. The molecule has 2 nitrogen and oxygen atoms in total. The highest BCUT2D eigenvalue weighted by atomic mass is 79.9. The number of para-hydroxylation sites is 1. The SMILES string of the molecule is Cc1ccc(C2CC(c3cc4cc(Br)ccc4o3)=Nc3ccccc3S2)cc1. The van der Waals surface area contributed by atoms with Crippen LogP contribution < -0.4 is 0 Å². The van der Waals surface area contributed by atoms with E-state index in [-0.39, 0.29) is 0 Å². The number of halogens is 1. The van der Waals surface area contributed by atoms with Gasteiger partial charge in [0.1, 0.15) is 11.3 Å². The molecule has 28 heavy (non-hydrogen) atoms. The van der Waals surface area contributed by atoms with Crippen molar-refractivity contribution >= 4 is 50.1 Å². The Morgan fingerprint density at radius 3 is 2.68 bits per heavy atom. The van der Waals surface area contributed by atoms with Gasteiger partial charge in [0.25, 0.3) is 0 Å². The molecule has 0 bridgehead atoms. The monoisotopic (exact) mass is 447 g/mol. The summed E-state index contributed by atoms with van der Waals surface area (Å²) in [6.45, 7) is 2.12. The predicted octanol–water partition coefficient (Wildman–Crippen LogP) is 7.86. The number of fused-ring (bicyclic) bond motifs is 2. The van der Waals surface area contributed by atoms with Crippen LogP contribution in [0.25, 0.3) is 11.0 Å². The fourth-order valence-electron chi connectivity index (χ4n) is 3.49. The number of nitrogens with zero attached hydrogens (tertiary/aromatic N) is 1. The number of hydrogen-bond donors (Lipinski definition) is 0. The average molecular weight is 448 g/mol. The second kappa shape index (κ2) is 7.26. The Labute approximate surface area is 176 Å². The van der Waals surface area contributed by atoms with Crippen molar-refractivity contribution in [2.75, 3.05) is 0 Å². The highest BCUT2D eigenvalue weighted by Crippen LogP contribution is 2.45. The molecule has 4 aromatic rings. The Balaban J connectivity index is 1.62. The second-order valence-electron chi connectivity index (χ2n) is 7.04. The maximum Gasteiger partial charge on any atom is 0.149 e. The highest BCUT2D eigenvalue weighted by molar-refractivity contribution is 9.10. The largest absolute Gasteiger partial charge is 0.455 e. The van der Waals surface area contributed by atoms with Crippen molar-refractivity contribution in [2.24, 2.45) is 4.99 Å². The first-order valence-electron chi connectivity index (χ1n) is 9.25. The van der Waals surface area contributed by atoms with Crippen molar-refractivity contribution in [3.63, 3.8) is 0 Å². The molecule has 1 aliphatic rings. The maximum absolute atomic E-state index is 6.18. The quantitative estimate of drug-likeness (QED) is 0.312. The molecule has 4 heteroatoms. The summed E-state index contributed by atoms with van der Waals surface area (Å²) in [5, 5.41) is 1.38. The van der Waals surface area contributed by atoms with E-state index in [9.17, 15) is 0 Å². The van der Waals surface area contributed by atoms with Crippen molar-refractivity contribution in [3.8, 4) is 0 Å². The van der Waals surface area contributed by atoms with E-state index in [2.05, 4.69) is 77.5 Å². The maximum atomic E-state index is 6.18. The van der Waals surface area contributed by atoms with Gasteiger partial charge in [-0.25, -0.2) is 4.99 Å². The number of hydrogen-bond acceptors (Lipinski definition) is 3. The molecule has 0 fully saturated rings. The molecule has 0 spiro atoms. The van der Waals surface area contributed by atoms with E-state index in [1.54, 1.807) is 0 Å². The van der Waals surface area contributed by atoms with Gasteiger partial charge in [-0.05, 0) is 48.9 Å². The smallest absolute Gasteiger partial charge is 0.149 e. The summed E-state index contributed by atoms with van der Waals surface area (Å²) in [6, 6.07) is 25.4. The first kappa shape index (κ1) is 17.8. The van der Waals surface area contributed by atoms with Crippen molar-refractivity contribution in [1.29, 1.82) is 0 Å². The van der Waals surface area contributed by atoms with Crippen LogP contribution in [0.2, 0.25) is 0 Å². The summed E-state index contributed by atoms with van der Waals surface area (Å²) in [7, 11) is 0. The van der Waals surface area contributed by atoms with Crippen LogP contribution in [0.15, 0.2) is 91.6 Å². The van der Waals surface area contributed by atoms with Crippen LogP contribution in [0, 0.1) is 6.92 Å². The number of furan rings is 1. The van der Waals surface area contributed by atoms with E-state index >= 15 is 0 Å². The van der Waals surface area contributed by atoms with Crippen LogP contribution in [0.1, 0.15) is 28.6 Å². The van der Waals surface area contributed by atoms with Crippen LogP contribution in [0.3, 0.4) is 0 Å². The third-order valence-corrected chi connectivity index (χ3v) is 6.80. The summed E-state index contributed by atoms with van der Waals surface area (Å²) in [6.07, 6.45) is 0.823. The third kappa shape index (κ3) is 3.43. The fourth-order valence-corrected chi connectivity index (χ4v) is 5.10. The van der Waals surface area contributed by atoms with Gasteiger partial charge >= 0.3 is 0 Å². The molecule has 0 saturated heterocycles. The topological polar surface area (TPSA) is 25.5 Å². The van der Waals surface area contributed by atoms with Crippen LogP contribution in [0.4, 0.5) is 5.69 Å². The highest BCUT2D eigenvalue weighted by Gasteiger charge is 2.24. The van der Waals surface area contributed by atoms with Gasteiger partial charge < -0.3 is 4.42 Å². The lowest BCUT2D eigenvalue weighted by Gasteiger charge is -2.15. The molecule has 138 valence electrons. The lowest BCUT2D eigenvalue weighted by atomic mass is 10.0. The molecular weight excluding hydrogens is 430 g/mol. The molecule has 5 rings (SSSR count). The van der Waals surface area contributed by atoms with Crippen molar-refractivity contribution in [1.82, 2.24) is 0 Å². The minimum Gasteiger partial charge on any atom is -0.455 e. The molecule has 0 radical (unpaired) electrons. The fraction of sp³-hybridized carbons (Fsp3) is 0.125. The first-order chi connectivity index (χ1) is 13.7. The third-order valence-electron chi connectivity index (χ3n) is 4.98. The van der Waals surface area contributed by atoms with E-state index in [4.69, 9.17) is 9.41 Å². The van der Waals surface area contributed by atoms with E-state index in [1.165, 1.54) is 16.0 Å². The van der Waals surface area contributed by atoms with Gasteiger partial charge in [-0.2, -0.15) is 0 Å². The van der Waals surface area contributed by atoms with Gasteiger partial charge in [-0.1, -0.05) is 57.9 Å². The number of benzene rings is 3. The van der Waals surface area contributed by atoms with E-state index in [0.717, 1.165) is 39.0 Å². The summed E-state index contributed by atoms with van der Waals surface area (Å²) in [5.41, 5.74) is 5.49. The normalized spacial score (nSPS) is 16.5. The average Bonchev–Trinajstić information content (AvgIpc) is 3.01. The van der Waals surface area contributed by atoms with E-state index < -0.39 is 0 Å². The summed E-state index contributed by atoms with van der Waals surface area (Å²) >= 11 is 5.42. The summed E-state index contributed by atoms with van der Waals surface area (Å²) in [4.78, 5) is 6.22. The van der Waals surface area contributed by atoms with Crippen LogP contribution in [-0.4, -0.2) is 5.71 Å². The molecule has 1 unspecified atom stereocenters. The molecule has 1 aromatic heterocycles. The molecule has 1 atom stereocenters. The zero-order valence-corrected chi connectivity index (χ0v) is 17.8. The van der Waals surface area contributed by atoms with Crippen molar-refractivity contribution in [2.45, 2.75) is 23.5 Å². The second-order valence-corrected chi connectivity index (χ2v) is 9.20. The Morgan fingerprint density at radius 1 is 1.00 bits per heavy atom. The van der Waals surface area contributed by atoms with E-state index in [0.29, 0.717) is 5.25 Å². The Morgan fingerprint density at radius 2 is 1.82 bits per heavy atom. The molecule has 2 heterocycles. The minimum atomic E-state index is 0.294. The van der Waals surface area contributed by atoms with Gasteiger partial charge in [-0.15, -0.1) is 11.8 Å². The van der Waals surface area contributed by atoms with Gasteiger partial charge in [0.15, 0.2) is 0 Å². The summed E-state index contributed by atoms with van der Waals surface area (Å²) < 4.78 is 7.23. The molecular formula is C24H18BrNOS. The Kier molecular flexibility index (Phi) is 4.61. The van der Waals surface area contributed by atoms with Gasteiger partial charge in [-0.3, -0.25) is 0 Å². The van der Waals surface area contributed by atoms with E-state index in [1.807, 2.05) is 30.0 Å². The molecule has 0 aliphatic carbocycles. The van der Waals surface area contributed by atoms with Crippen LogP contribution >= 0.6 is 27.7 Å². The van der Waals surface area contributed by atoms with Crippen molar-refractivity contribution < 1.29 is 4.42 Å².